The van der Waals surface area contributed by atoms with Crippen LogP contribution in [0.3, 0.4) is 0 Å². The zero-order chi connectivity index (χ0) is 26.2. The summed E-state index contributed by atoms with van der Waals surface area (Å²) in [6, 6.07) is 12.2. The Labute approximate surface area is 226 Å². The molecule has 5 rings (SSSR count). The smallest absolute Gasteiger partial charge is 0.130 e. The van der Waals surface area contributed by atoms with Gasteiger partial charge in [0, 0.05) is 69.5 Å². The van der Waals surface area contributed by atoms with Crippen LogP contribution in [0.2, 0.25) is 0 Å². The van der Waals surface area contributed by atoms with E-state index < -0.39 is 0 Å². The van der Waals surface area contributed by atoms with Gasteiger partial charge in [0.05, 0.1) is 38.5 Å². The van der Waals surface area contributed by atoms with E-state index in [0.717, 1.165) is 56.9 Å². The highest BCUT2D eigenvalue weighted by Gasteiger charge is 2.47. The number of piperidine rings is 2. The molecule has 0 unspecified atom stereocenters. The van der Waals surface area contributed by atoms with Crippen LogP contribution < -0.4 is 14.7 Å². The van der Waals surface area contributed by atoms with E-state index in [1.54, 1.807) is 13.2 Å². The van der Waals surface area contributed by atoms with Crippen molar-refractivity contribution in [2.75, 3.05) is 81.0 Å². The molecule has 3 fully saturated rings. The van der Waals surface area contributed by atoms with Gasteiger partial charge in [-0.25, -0.2) is 9.37 Å². The zero-order valence-corrected chi connectivity index (χ0v) is 22.8. The summed E-state index contributed by atoms with van der Waals surface area (Å²) in [6.07, 6.45) is 8.97. The first-order chi connectivity index (χ1) is 18.7. The monoisotopic (exact) mass is 526 g/mol. The van der Waals surface area contributed by atoms with Crippen LogP contribution in [0.5, 0.6) is 0 Å². The van der Waals surface area contributed by atoms with E-state index in [9.17, 15) is 4.39 Å². The molecule has 3 aliphatic heterocycles. The van der Waals surface area contributed by atoms with Gasteiger partial charge in [-0.1, -0.05) is 6.07 Å². The van der Waals surface area contributed by atoms with Crippen molar-refractivity contribution in [3.63, 3.8) is 0 Å². The predicted molar refractivity (Wildman–Crippen MR) is 150 cm³/mol. The summed E-state index contributed by atoms with van der Waals surface area (Å²) >= 11 is 0. The summed E-state index contributed by atoms with van der Waals surface area (Å²) in [4.78, 5) is 12.3. The molecular weight excluding hydrogens is 483 g/mol. The molecule has 0 aliphatic carbocycles. The highest BCUT2D eigenvalue weighted by Crippen LogP contribution is 2.41. The Bertz CT molecular complexity index is 1000. The summed E-state index contributed by atoms with van der Waals surface area (Å²) in [5, 5.41) is 0. The van der Waals surface area contributed by atoms with E-state index in [0.29, 0.717) is 51.0 Å². The molecular formula is C30H43FN4O3. The van der Waals surface area contributed by atoms with Crippen LogP contribution in [-0.2, 0) is 14.2 Å². The standard InChI is InChI=1S/C30H43FN4O3/c1-36-17-18-38-20-19-37-16-11-24-23-35(29-22-26(10-12-32-29)33-13-3-2-4-14-33)28-9-6-15-34(30(24)28)27-8-5-7-25(31)21-27/h5,7-8,10,12,21-22,24,28,30H,2-4,6,9,11,13-20,23H2,1H3/t24-,28-,30-/m1/s1. The van der Waals surface area contributed by atoms with E-state index >= 15 is 0 Å². The molecule has 38 heavy (non-hydrogen) atoms. The summed E-state index contributed by atoms with van der Waals surface area (Å²) in [7, 11) is 1.68. The zero-order valence-electron chi connectivity index (χ0n) is 22.8. The maximum Gasteiger partial charge on any atom is 0.130 e. The predicted octanol–water partition coefficient (Wildman–Crippen LogP) is 4.75. The molecule has 0 spiro atoms. The third-order valence-corrected chi connectivity index (χ3v) is 8.29. The normalized spacial score (nSPS) is 23.6. The van der Waals surface area contributed by atoms with Gasteiger partial charge in [0.2, 0.25) is 0 Å². The maximum atomic E-state index is 14.2. The molecule has 4 heterocycles. The Hall–Kier alpha value is -2.42. The first-order valence-electron chi connectivity index (χ1n) is 14.4. The second kappa shape index (κ2) is 13.6. The molecule has 2 aromatic rings. The van der Waals surface area contributed by atoms with Crippen molar-refractivity contribution in [2.24, 2.45) is 5.92 Å². The molecule has 3 saturated heterocycles. The highest BCUT2D eigenvalue weighted by atomic mass is 19.1. The average Bonchev–Trinajstić information content (AvgIpc) is 3.34. The van der Waals surface area contributed by atoms with Crippen molar-refractivity contribution in [1.82, 2.24) is 4.98 Å². The lowest BCUT2D eigenvalue weighted by molar-refractivity contribution is 0.0217. The maximum absolute atomic E-state index is 14.2. The van der Waals surface area contributed by atoms with Gasteiger partial charge < -0.3 is 28.9 Å². The lowest BCUT2D eigenvalue weighted by Crippen LogP contribution is -2.52. The molecule has 3 aliphatic rings. The van der Waals surface area contributed by atoms with Crippen LogP contribution in [0.4, 0.5) is 21.6 Å². The molecule has 0 amide bonds. The fourth-order valence-electron chi connectivity index (χ4n) is 6.50. The third kappa shape index (κ3) is 6.58. The summed E-state index contributed by atoms with van der Waals surface area (Å²) in [5.74, 6) is 1.29. The molecule has 0 saturated carbocycles. The molecule has 7 nitrogen and oxygen atoms in total. The lowest BCUT2D eigenvalue weighted by atomic mass is 9.88. The summed E-state index contributed by atoms with van der Waals surface area (Å²) in [5.41, 5.74) is 2.26. The molecule has 0 radical (unpaired) electrons. The van der Waals surface area contributed by atoms with Gasteiger partial charge in [-0.2, -0.15) is 0 Å². The number of pyridine rings is 1. The second-order valence-corrected chi connectivity index (χ2v) is 10.7. The number of hydrogen-bond acceptors (Lipinski definition) is 7. The van der Waals surface area contributed by atoms with E-state index in [-0.39, 0.29) is 5.82 Å². The van der Waals surface area contributed by atoms with Gasteiger partial charge in [-0.15, -0.1) is 0 Å². The fourth-order valence-corrected chi connectivity index (χ4v) is 6.50. The van der Waals surface area contributed by atoms with E-state index in [1.165, 1.54) is 31.0 Å². The molecule has 0 N–H and O–H groups in total. The van der Waals surface area contributed by atoms with Crippen molar-refractivity contribution in [3.05, 3.63) is 48.4 Å². The quantitative estimate of drug-likeness (QED) is 0.370. The van der Waals surface area contributed by atoms with Crippen LogP contribution in [0.25, 0.3) is 0 Å². The van der Waals surface area contributed by atoms with Crippen LogP contribution >= 0.6 is 0 Å². The Morgan fingerprint density at radius 2 is 1.68 bits per heavy atom. The molecule has 8 heteroatoms. The fraction of sp³-hybridized carbons (Fsp3) is 0.633. The van der Waals surface area contributed by atoms with E-state index in [4.69, 9.17) is 19.2 Å². The van der Waals surface area contributed by atoms with Crippen LogP contribution in [0.1, 0.15) is 38.5 Å². The van der Waals surface area contributed by atoms with Crippen molar-refractivity contribution in [1.29, 1.82) is 0 Å². The first kappa shape index (κ1) is 27.2. The number of anilines is 3. The number of rotatable bonds is 12. The Balaban J connectivity index is 1.31. The number of fused-ring (bicyclic) bond motifs is 1. The van der Waals surface area contributed by atoms with Crippen molar-refractivity contribution < 1.29 is 18.6 Å². The lowest BCUT2D eigenvalue weighted by Gasteiger charge is -2.43. The molecule has 3 atom stereocenters. The molecule has 0 bridgehead atoms. The minimum Gasteiger partial charge on any atom is -0.382 e. The first-order valence-corrected chi connectivity index (χ1v) is 14.4. The minimum atomic E-state index is -0.177. The number of ether oxygens (including phenoxy) is 3. The topological polar surface area (TPSA) is 50.3 Å². The van der Waals surface area contributed by atoms with Crippen molar-refractivity contribution >= 4 is 17.2 Å². The van der Waals surface area contributed by atoms with Gasteiger partial charge in [-0.05, 0) is 62.8 Å². The SMILES string of the molecule is COCCOCCOCC[C@@H]1CN(c2cc(N3CCCCC3)ccn2)[C@@H]2CCCN(c3cccc(F)c3)[C@H]12. The van der Waals surface area contributed by atoms with Gasteiger partial charge in [0.1, 0.15) is 11.6 Å². The second-order valence-electron chi connectivity index (χ2n) is 10.7. The van der Waals surface area contributed by atoms with E-state index in [1.807, 2.05) is 18.3 Å². The van der Waals surface area contributed by atoms with E-state index in [2.05, 4.69) is 26.8 Å². The van der Waals surface area contributed by atoms with Gasteiger partial charge in [0.25, 0.3) is 0 Å². The largest absolute Gasteiger partial charge is 0.382 e. The van der Waals surface area contributed by atoms with Crippen LogP contribution in [-0.4, -0.2) is 83.4 Å². The van der Waals surface area contributed by atoms with Crippen molar-refractivity contribution in [3.8, 4) is 0 Å². The number of hydrogen-bond donors (Lipinski definition) is 0. The van der Waals surface area contributed by atoms with Crippen molar-refractivity contribution in [2.45, 2.75) is 50.6 Å². The highest BCUT2D eigenvalue weighted by molar-refractivity contribution is 5.58. The van der Waals surface area contributed by atoms with Gasteiger partial charge >= 0.3 is 0 Å². The number of aromatic nitrogens is 1. The van der Waals surface area contributed by atoms with Crippen LogP contribution in [0, 0.1) is 11.7 Å². The third-order valence-electron chi connectivity index (χ3n) is 8.29. The van der Waals surface area contributed by atoms with Gasteiger partial charge in [0.15, 0.2) is 0 Å². The number of halogens is 1. The molecule has 1 aromatic carbocycles. The number of methoxy groups -OCH3 is 1. The Morgan fingerprint density at radius 1 is 0.868 bits per heavy atom. The number of nitrogens with zero attached hydrogens (tertiary/aromatic N) is 4. The molecule has 1 aromatic heterocycles. The summed E-state index contributed by atoms with van der Waals surface area (Å²) < 4.78 is 30.8. The molecule has 208 valence electrons. The Morgan fingerprint density at radius 3 is 2.50 bits per heavy atom. The Kier molecular flexibility index (Phi) is 9.71. The van der Waals surface area contributed by atoms with Gasteiger partial charge in [-0.3, -0.25) is 0 Å². The van der Waals surface area contributed by atoms with Crippen LogP contribution in [0.15, 0.2) is 42.6 Å². The average molecular weight is 527 g/mol. The summed E-state index contributed by atoms with van der Waals surface area (Å²) in [6.45, 7) is 7.17. The minimum absolute atomic E-state index is 0.177. The number of benzene rings is 1.